The van der Waals surface area contributed by atoms with Gasteiger partial charge in [0.1, 0.15) is 11.4 Å². The predicted octanol–water partition coefficient (Wildman–Crippen LogP) is 2.29. The van der Waals surface area contributed by atoms with Crippen LogP contribution in [0.3, 0.4) is 0 Å². The molecule has 1 rings (SSSR count). The molecule has 2 atom stereocenters. The van der Waals surface area contributed by atoms with Crippen LogP contribution >= 0.6 is 0 Å². The summed E-state index contributed by atoms with van der Waals surface area (Å²) in [6, 6.07) is -1.45. The fourth-order valence-corrected chi connectivity index (χ4v) is 3.23. The first kappa shape index (κ1) is 26.0. The first-order valence-corrected chi connectivity index (χ1v) is 10.5. The molecule has 1 fully saturated rings. The maximum atomic E-state index is 12.7. The van der Waals surface area contributed by atoms with Crippen LogP contribution in [-0.2, 0) is 28.6 Å². The lowest BCUT2D eigenvalue weighted by Gasteiger charge is -2.38. The molecular formula is C17H27F3N2O7S. The number of nitrogens with one attached hydrogen (secondary N) is 1. The van der Waals surface area contributed by atoms with Gasteiger partial charge in [0.15, 0.2) is 0 Å². The van der Waals surface area contributed by atoms with E-state index < -0.39 is 56.7 Å². The van der Waals surface area contributed by atoms with E-state index in [1.54, 1.807) is 27.7 Å². The van der Waals surface area contributed by atoms with Gasteiger partial charge in [-0.25, -0.2) is 9.59 Å². The lowest BCUT2D eigenvalue weighted by molar-refractivity contribution is -0.139. The van der Waals surface area contributed by atoms with Gasteiger partial charge in [0, 0.05) is 19.1 Å². The number of carbonyl (C=O) groups is 2. The molecule has 0 aliphatic carbocycles. The minimum absolute atomic E-state index is 0.111. The summed E-state index contributed by atoms with van der Waals surface area (Å²) >= 11 is 0. The smallest absolute Gasteiger partial charge is 0.462 e. The fraction of sp³-hybridized carbons (Fsp3) is 0.765. The summed E-state index contributed by atoms with van der Waals surface area (Å²) in [5.41, 5.74) is -6.94. The summed E-state index contributed by atoms with van der Waals surface area (Å²) < 4.78 is 75.2. The highest BCUT2D eigenvalue weighted by atomic mass is 32.2. The van der Waals surface area contributed by atoms with E-state index in [1.807, 2.05) is 0 Å². The molecular weight excluding hydrogens is 433 g/mol. The Labute approximate surface area is 173 Å². The third-order valence-electron chi connectivity index (χ3n) is 3.78. The Balaban J connectivity index is 3.30. The molecule has 1 saturated heterocycles. The number of amides is 1. The average molecular weight is 460 g/mol. The molecule has 1 amide bonds. The number of hydrogen-bond donors (Lipinski definition) is 1. The van der Waals surface area contributed by atoms with Crippen LogP contribution in [0.2, 0.25) is 0 Å². The van der Waals surface area contributed by atoms with Crippen molar-refractivity contribution in [2.75, 3.05) is 19.7 Å². The molecule has 0 spiro atoms. The zero-order valence-corrected chi connectivity index (χ0v) is 18.4. The zero-order valence-electron chi connectivity index (χ0n) is 17.6. The number of rotatable bonds is 5. The summed E-state index contributed by atoms with van der Waals surface area (Å²) in [6.45, 7) is 8.96. The van der Waals surface area contributed by atoms with Crippen LogP contribution < -0.4 is 5.32 Å². The van der Waals surface area contributed by atoms with Gasteiger partial charge in [0.25, 0.3) is 0 Å². The summed E-state index contributed by atoms with van der Waals surface area (Å²) in [6.07, 6.45) is -0.689. The second-order valence-electron chi connectivity index (χ2n) is 7.68. The number of ether oxygens (including phenoxy) is 2. The standard InChI is InChI=1S/C17H27F3N2O7S/c1-7-27-14(23)13(11(3)29-30(25,26)17(18,19)20)12-9-22(8-10(2)21-12)15(24)28-16(4,5)6/h10,12,21H,7-9H2,1-6H3/b13-11-. The largest absolute Gasteiger partial charge is 0.534 e. The molecule has 1 N–H and O–H groups in total. The summed E-state index contributed by atoms with van der Waals surface area (Å²) in [7, 11) is -6.00. The number of hydrogen-bond acceptors (Lipinski definition) is 8. The zero-order chi connectivity index (χ0) is 23.5. The van der Waals surface area contributed by atoms with Crippen LogP contribution in [0, 0.1) is 0 Å². The highest BCUT2D eigenvalue weighted by molar-refractivity contribution is 7.87. The van der Waals surface area contributed by atoms with Gasteiger partial charge < -0.3 is 23.9 Å². The van der Waals surface area contributed by atoms with Crippen molar-refractivity contribution in [3.63, 3.8) is 0 Å². The molecule has 2 unspecified atom stereocenters. The Bertz CT molecular complexity index is 788. The van der Waals surface area contributed by atoms with E-state index in [0.717, 1.165) is 6.92 Å². The van der Waals surface area contributed by atoms with E-state index >= 15 is 0 Å². The maximum absolute atomic E-state index is 12.7. The molecule has 9 nitrogen and oxygen atoms in total. The summed E-state index contributed by atoms with van der Waals surface area (Å²) in [4.78, 5) is 26.1. The molecule has 174 valence electrons. The Kier molecular flexibility index (Phi) is 8.16. The van der Waals surface area contributed by atoms with Gasteiger partial charge >= 0.3 is 27.7 Å². The molecule has 0 saturated carbocycles. The molecule has 13 heteroatoms. The number of carbonyl (C=O) groups excluding carboxylic acids is 2. The van der Waals surface area contributed by atoms with Crippen LogP contribution in [0.15, 0.2) is 11.3 Å². The topological polar surface area (TPSA) is 111 Å². The monoisotopic (exact) mass is 460 g/mol. The van der Waals surface area contributed by atoms with Crippen LogP contribution in [0.4, 0.5) is 18.0 Å². The predicted molar refractivity (Wildman–Crippen MR) is 99.6 cm³/mol. The van der Waals surface area contributed by atoms with E-state index in [4.69, 9.17) is 9.47 Å². The molecule has 0 aromatic rings. The molecule has 30 heavy (non-hydrogen) atoms. The second kappa shape index (κ2) is 9.41. The van der Waals surface area contributed by atoms with Gasteiger partial charge in [-0.05, 0) is 41.5 Å². The lowest BCUT2D eigenvalue weighted by atomic mass is 10.0. The number of piperazine rings is 1. The van der Waals surface area contributed by atoms with Gasteiger partial charge in [-0.3, -0.25) is 0 Å². The number of allylic oxidation sites excluding steroid dienone is 1. The van der Waals surface area contributed by atoms with Crippen molar-refractivity contribution in [3.8, 4) is 0 Å². The minimum atomic E-state index is -6.00. The van der Waals surface area contributed by atoms with E-state index in [1.165, 1.54) is 11.8 Å². The number of alkyl halides is 3. The van der Waals surface area contributed by atoms with Gasteiger partial charge in [0.2, 0.25) is 0 Å². The maximum Gasteiger partial charge on any atom is 0.534 e. The quantitative estimate of drug-likeness (QED) is 0.219. The van der Waals surface area contributed by atoms with Crippen molar-refractivity contribution in [1.29, 1.82) is 0 Å². The number of nitrogens with zero attached hydrogens (tertiary/aromatic N) is 1. The summed E-state index contributed by atoms with van der Waals surface area (Å²) in [5.74, 6) is -1.87. The van der Waals surface area contributed by atoms with Gasteiger partial charge in [0.05, 0.1) is 18.2 Å². The number of esters is 1. The second-order valence-corrected chi connectivity index (χ2v) is 9.22. The first-order chi connectivity index (χ1) is 13.5. The SMILES string of the molecule is CCOC(=O)/C(=C(/C)OS(=O)(=O)C(F)(F)F)C1CN(C(=O)OC(C)(C)C)CC(C)N1. The Hall–Kier alpha value is -2.02. The van der Waals surface area contributed by atoms with Gasteiger partial charge in [-0.1, -0.05) is 0 Å². The van der Waals surface area contributed by atoms with Crippen molar-refractivity contribution in [3.05, 3.63) is 11.3 Å². The van der Waals surface area contributed by atoms with Crippen LogP contribution in [0.5, 0.6) is 0 Å². The molecule has 1 heterocycles. The third kappa shape index (κ3) is 7.04. The van der Waals surface area contributed by atoms with Crippen LogP contribution in [0.25, 0.3) is 0 Å². The van der Waals surface area contributed by atoms with E-state index in [0.29, 0.717) is 0 Å². The summed E-state index contributed by atoms with van der Waals surface area (Å²) in [5, 5.41) is 2.94. The van der Waals surface area contributed by atoms with E-state index in [-0.39, 0.29) is 19.7 Å². The normalized spacial score (nSPS) is 21.6. The van der Waals surface area contributed by atoms with E-state index in [9.17, 15) is 31.2 Å². The van der Waals surface area contributed by atoms with Crippen molar-refractivity contribution < 1.29 is 44.8 Å². The molecule has 1 aliphatic heterocycles. The third-order valence-corrected chi connectivity index (χ3v) is 4.81. The molecule has 0 radical (unpaired) electrons. The Morgan fingerprint density at radius 1 is 1.17 bits per heavy atom. The minimum Gasteiger partial charge on any atom is -0.462 e. The van der Waals surface area contributed by atoms with Crippen molar-refractivity contribution in [2.45, 2.75) is 64.7 Å². The van der Waals surface area contributed by atoms with Gasteiger partial charge in [-0.15, -0.1) is 0 Å². The number of halogens is 3. The Morgan fingerprint density at radius 2 is 1.73 bits per heavy atom. The highest BCUT2D eigenvalue weighted by Gasteiger charge is 2.49. The van der Waals surface area contributed by atoms with Crippen molar-refractivity contribution in [1.82, 2.24) is 10.2 Å². The molecule has 0 aromatic heterocycles. The highest BCUT2D eigenvalue weighted by Crippen LogP contribution is 2.28. The average Bonchev–Trinajstić information content (AvgIpc) is 2.51. The first-order valence-electron chi connectivity index (χ1n) is 9.11. The molecule has 0 bridgehead atoms. The van der Waals surface area contributed by atoms with Crippen molar-refractivity contribution >= 4 is 22.2 Å². The van der Waals surface area contributed by atoms with Crippen molar-refractivity contribution in [2.24, 2.45) is 0 Å². The molecule has 0 aromatic carbocycles. The van der Waals surface area contributed by atoms with E-state index in [2.05, 4.69) is 9.50 Å². The lowest BCUT2D eigenvalue weighted by Crippen LogP contribution is -2.59. The fourth-order valence-electron chi connectivity index (χ4n) is 2.72. The van der Waals surface area contributed by atoms with Gasteiger partial charge in [-0.2, -0.15) is 21.6 Å². The van der Waals surface area contributed by atoms with Crippen LogP contribution in [-0.4, -0.2) is 68.3 Å². The Morgan fingerprint density at radius 3 is 2.20 bits per heavy atom. The molecule has 1 aliphatic rings. The van der Waals surface area contributed by atoms with Crippen LogP contribution in [0.1, 0.15) is 41.5 Å².